The van der Waals surface area contributed by atoms with Crippen LogP contribution >= 0.6 is 0 Å². The molecule has 1 unspecified atom stereocenters. The van der Waals surface area contributed by atoms with Gasteiger partial charge in [-0.2, -0.15) is 0 Å². The molecule has 0 bridgehead atoms. The van der Waals surface area contributed by atoms with Crippen molar-refractivity contribution in [2.75, 3.05) is 60.2 Å². The first-order chi connectivity index (χ1) is 8.72. The summed E-state index contributed by atoms with van der Waals surface area (Å²) in [5.41, 5.74) is 0. The number of likely N-dealkylation sites (N-methyl/N-ethyl adjacent to an activating group) is 1. The molecule has 1 rings (SSSR count). The van der Waals surface area contributed by atoms with Gasteiger partial charge in [0, 0.05) is 46.5 Å². The van der Waals surface area contributed by atoms with Gasteiger partial charge in [-0.15, -0.1) is 0 Å². The van der Waals surface area contributed by atoms with Crippen LogP contribution in [0.15, 0.2) is 0 Å². The number of aliphatic hydroxyl groups is 1. The molecule has 18 heavy (non-hydrogen) atoms. The van der Waals surface area contributed by atoms with E-state index in [9.17, 15) is 5.11 Å². The molecule has 5 nitrogen and oxygen atoms in total. The molecular formula is C13H28N2O3. The molecule has 108 valence electrons. The summed E-state index contributed by atoms with van der Waals surface area (Å²) < 4.78 is 10.3. The van der Waals surface area contributed by atoms with E-state index in [0.717, 1.165) is 51.6 Å². The molecule has 0 aromatic carbocycles. The van der Waals surface area contributed by atoms with Gasteiger partial charge in [-0.3, -0.25) is 0 Å². The molecule has 0 radical (unpaired) electrons. The Labute approximate surface area is 110 Å². The van der Waals surface area contributed by atoms with Crippen molar-refractivity contribution in [3.8, 4) is 0 Å². The van der Waals surface area contributed by atoms with Gasteiger partial charge >= 0.3 is 0 Å². The zero-order valence-corrected chi connectivity index (χ0v) is 11.7. The maximum atomic E-state index is 9.88. The molecule has 1 fully saturated rings. The normalized spacial score (nSPS) is 19.3. The summed E-state index contributed by atoms with van der Waals surface area (Å²) in [7, 11) is 3.76. The van der Waals surface area contributed by atoms with Gasteiger partial charge in [-0.1, -0.05) is 0 Å². The number of hydrogen-bond donors (Lipinski definition) is 2. The fraction of sp³-hybridized carbons (Fsp3) is 1.00. The van der Waals surface area contributed by atoms with E-state index < -0.39 is 0 Å². The van der Waals surface area contributed by atoms with Crippen LogP contribution in [0.3, 0.4) is 0 Å². The third kappa shape index (κ3) is 7.28. The van der Waals surface area contributed by atoms with Crippen molar-refractivity contribution in [3.05, 3.63) is 0 Å². The van der Waals surface area contributed by atoms with Gasteiger partial charge < -0.3 is 24.8 Å². The number of aliphatic hydroxyl groups excluding tert-OH is 1. The van der Waals surface area contributed by atoms with Crippen LogP contribution in [0, 0.1) is 5.92 Å². The third-order valence-corrected chi connectivity index (χ3v) is 3.30. The molecule has 0 saturated carbocycles. The maximum Gasteiger partial charge on any atom is 0.0791 e. The molecule has 1 atom stereocenters. The van der Waals surface area contributed by atoms with Gasteiger partial charge in [0.05, 0.1) is 12.7 Å². The van der Waals surface area contributed by atoms with Crippen molar-refractivity contribution in [2.45, 2.75) is 18.9 Å². The highest BCUT2D eigenvalue weighted by molar-refractivity contribution is 4.70. The predicted molar refractivity (Wildman–Crippen MR) is 71.8 cm³/mol. The van der Waals surface area contributed by atoms with E-state index in [1.165, 1.54) is 0 Å². The maximum absolute atomic E-state index is 9.88. The zero-order chi connectivity index (χ0) is 13.2. The molecule has 0 aliphatic carbocycles. The van der Waals surface area contributed by atoms with Crippen molar-refractivity contribution >= 4 is 0 Å². The number of ether oxygens (including phenoxy) is 2. The minimum Gasteiger partial charge on any atom is -0.390 e. The topological polar surface area (TPSA) is 54.0 Å². The fourth-order valence-electron chi connectivity index (χ4n) is 2.31. The molecule has 1 heterocycles. The van der Waals surface area contributed by atoms with Crippen LogP contribution in [-0.2, 0) is 9.47 Å². The molecule has 1 saturated heterocycles. The Morgan fingerprint density at radius 2 is 2.17 bits per heavy atom. The molecule has 5 heteroatoms. The number of nitrogens with one attached hydrogen (secondary N) is 1. The SMILES string of the molecule is COCCNCC(O)CN(C)CC1CCOCC1. The van der Waals surface area contributed by atoms with Crippen LogP contribution in [0.5, 0.6) is 0 Å². The van der Waals surface area contributed by atoms with Gasteiger partial charge in [0.2, 0.25) is 0 Å². The van der Waals surface area contributed by atoms with Crippen LogP contribution in [0.2, 0.25) is 0 Å². The molecule has 0 aromatic heterocycles. The van der Waals surface area contributed by atoms with Crippen LogP contribution in [-0.4, -0.2) is 76.3 Å². The number of rotatable bonds is 9. The molecule has 0 aromatic rings. The standard InChI is InChI=1S/C13H28N2O3/c1-15(10-12-3-6-18-7-4-12)11-13(16)9-14-5-8-17-2/h12-14,16H,3-11H2,1-2H3. The van der Waals surface area contributed by atoms with Crippen LogP contribution in [0.25, 0.3) is 0 Å². The smallest absolute Gasteiger partial charge is 0.0791 e. The van der Waals surface area contributed by atoms with Crippen molar-refractivity contribution in [1.82, 2.24) is 10.2 Å². The van der Waals surface area contributed by atoms with Crippen molar-refractivity contribution in [3.63, 3.8) is 0 Å². The number of hydrogen-bond acceptors (Lipinski definition) is 5. The largest absolute Gasteiger partial charge is 0.390 e. The van der Waals surface area contributed by atoms with Crippen molar-refractivity contribution in [1.29, 1.82) is 0 Å². The summed E-state index contributed by atoms with van der Waals surface area (Å²) in [6.45, 7) is 5.65. The summed E-state index contributed by atoms with van der Waals surface area (Å²) in [5.74, 6) is 0.720. The molecule has 0 amide bonds. The first-order valence-corrected chi connectivity index (χ1v) is 6.86. The van der Waals surface area contributed by atoms with E-state index >= 15 is 0 Å². The van der Waals surface area contributed by atoms with Crippen LogP contribution in [0.4, 0.5) is 0 Å². The predicted octanol–water partition coefficient (Wildman–Crippen LogP) is -0.0583. The first-order valence-electron chi connectivity index (χ1n) is 6.86. The van der Waals surface area contributed by atoms with E-state index in [0.29, 0.717) is 13.2 Å². The lowest BCUT2D eigenvalue weighted by atomic mass is 10.00. The zero-order valence-electron chi connectivity index (χ0n) is 11.7. The average molecular weight is 260 g/mol. The van der Waals surface area contributed by atoms with Gasteiger partial charge in [-0.05, 0) is 25.8 Å². The number of methoxy groups -OCH3 is 1. The van der Waals surface area contributed by atoms with Crippen LogP contribution < -0.4 is 5.32 Å². The summed E-state index contributed by atoms with van der Waals surface area (Å²) >= 11 is 0. The Balaban J connectivity index is 2.04. The average Bonchev–Trinajstić information content (AvgIpc) is 2.35. The number of nitrogens with zero attached hydrogens (tertiary/aromatic N) is 1. The van der Waals surface area contributed by atoms with Gasteiger partial charge in [-0.25, -0.2) is 0 Å². The molecular weight excluding hydrogens is 232 g/mol. The van der Waals surface area contributed by atoms with Gasteiger partial charge in [0.15, 0.2) is 0 Å². The molecule has 1 aliphatic heterocycles. The minimum absolute atomic E-state index is 0.313. The summed E-state index contributed by atoms with van der Waals surface area (Å²) in [5, 5.41) is 13.1. The Morgan fingerprint density at radius 1 is 1.44 bits per heavy atom. The van der Waals surface area contributed by atoms with Gasteiger partial charge in [0.1, 0.15) is 0 Å². The highest BCUT2D eigenvalue weighted by atomic mass is 16.5. The van der Waals surface area contributed by atoms with Crippen molar-refractivity contribution < 1.29 is 14.6 Å². The quantitative estimate of drug-likeness (QED) is 0.569. The van der Waals surface area contributed by atoms with Crippen molar-refractivity contribution in [2.24, 2.45) is 5.92 Å². The second kappa shape index (κ2) is 9.69. The second-order valence-electron chi connectivity index (χ2n) is 5.13. The lowest BCUT2D eigenvalue weighted by Gasteiger charge is -2.28. The van der Waals surface area contributed by atoms with Crippen LogP contribution in [0.1, 0.15) is 12.8 Å². The molecule has 1 aliphatic rings. The third-order valence-electron chi connectivity index (χ3n) is 3.30. The Kier molecular flexibility index (Phi) is 8.54. The fourth-order valence-corrected chi connectivity index (χ4v) is 2.31. The second-order valence-corrected chi connectivity index (χ2v) is 5.13. The summed E-state index contributed by atoms with van der Waals surface area (Å²) in [6, 6.07) is 0. The van der Waals surface area contributed by atoms with E-state index in [2.05, 4.69) is 17.3 Å². The Bertz CT molecular complexity index is 199. The van der Waals surface area contributed by atoms with E-state index in [-0.39, 0.29) is 6.10 Å². The van der Waals surface area contributed by atoms with Gasteiger partial charge in [0.25, 0.3) is 0 Å². The highest BCUT2D eigenvalue weighted by Crippen LogP contribution is 2.15. The lowest BCUT2D eigenvalue weighted by Crippen LogP contribution is -2.39. The molecule has 2 N–H and O–H groups in total. The molecule has 0 spiro atoms. The van der Waals surface area contributed by atoms with E-state index in [1.807, 2.05) is 0 Å². The Hall–Kier alpha value is -0.200. The summed E-state index contributed by atoms with van der Waals surface area (Å²) in [4.78, 5) is 2.22. The lowest BCUT2D eigenvalue weighted by molar-refractivity contribution is 0.0477. The first kappa shape index (κ1) is 15.9. The van der Waals surface area contributed by atoms with E-state index in [1.54, 1.807) is 7.11 Å². The van der Waals surface area contributed by atoms with E-state index in [4.69, 9.17) is 9.47 Å². The minimum atomic E-state index is -0.313. The highest BCUT2D eigenvalue weighted by Gasteiger charge is 2.17. The summed E-state index contributed by atoms with van der Waals surface area (Å²) in [6.07, 6.45) is 1.98. The Morgan fingerprint density at radius 3 is 2.83 bits per heavy atom. The monoisotopic (exact) mass is 260 g/mol.